The van der Waals surface area contributed by atoms with Gasteiger partial charge in [-0.2, -0.15) is 0 Å². The summed E-state index contributed by atoms with van der Waals surface area (Å²) in [6.45, 7) is 3.13. The van der Waals surface area contributed by atoms with Crippen molar-refractivity contribution in [2.45, 2.75) is 13.3 Å². The number of carbonyl (C=O) groups excluding carboxylic acids is 2. The first-order chi connectivity index (χ1) is 10.6. The number of pyridine rings is 2. The van der Waals surface area contributed by atoms with Gasteiger partial charge in [-0.25, -0.2) is 0 Å². The Morgan fingerprint density at radius 2 is 1.91 bits per heavy atom. The van der Waals surface area contributed by atoms with Crippen LogP contribution in [0.1, 0.15) is 33.3 Å². The first kappa shape index (κ1) is 15.6. The van der Waals surface area contributed by atoms with Crippen LogP contribution in [0.2, 0.25) is 0 Å². The Morgan fingerprint density at radius 3 is 2.45 bits per heavy atom. The lowest BCUT2D eigenvalue weighted by Gasteiger charge is -2.20. The number of nitrogens with two attached hydrogens (primary N) is 1. The van der Waals surface area contributed by atoms with Crippen LogP contribution in [-0.2, 0) is 6.42 Å². The molecule has 2 N–H and O–H groups in total. The van der Waals surface area contributed by atoms with E-state index in [0.717, 1.165) is 12.0 Å². The van der Waals surface area contributed by atoms with Crippen molar-refractivity contribution in [3.63, 3.8) is 0 Å². The Hall–Kier alpha value is -2.76. The van der Waals surface area contributed by atoms with E-state index in [2.05, 4.69) is 9.97 Å². The summed E-state index contributed by atoms with van der Waals surface area (Å²) >= 11 is 0. The first-order valence-electron chi connectivity index (χ1n) is 7.06. The molecule has 0 atom stereocenters. The van der Waals surface area contributed by atoms with E-state index in [1.807, 2.05) is 19.1 Å². The van der Waals surface area contributed by atoms with Gasteiger partial charge in [-0.05, 0) is 43.2 Å². The topological polar surface area (TPSA) is 89.2 Å². The third-order valence-corrected chi connectivity index (χ3v) is 3.35. The zero-order chi connectivity index (χ0) is 15.9. The second-order valence-electron chi connectivity index (χ2n) is 4.79. The van der Waals surface area contributed by atoms with Crippen LogP contribution in [0.25, 0.3) is 0 Å². The van der Waals surface area contributed by atoms with E-state index in [9.17, 15) is 9.59 Å². The minimum atomic E-state index is -0.607. The molecule has 2 rings (SSSR count). The molecule has 2 amide bonds. The predicted octanol–water partition coefficient (Wildman–Crippen LogP) is 1.28. The van der Waals surface area contributed by atoms with E-state index in [-0.39, 0.29) is 11.6 Å². The van der Waals surface area contributed by atoms with Crippen LogP contribution in [0.5, 0.6) is 0 Å². The smallest absolute Gasteiger partial charge is 0.267 e. The van der Waals surface area contributed by atoms with Gasteiger partial charge < -0.3 is 10.6 Å². The molecule has 6 nitrogen and oxygen atoms in total. The van der Waals surface area contributed by atoms with Crippen molar-refractivity contribution in [2.75, 3.05) is 13.1 Å². The first-order valence-corrected chi connectivity index (χ1v) is 7.06. The molecule has 0 bridgehead atoms. The molecule has 0 aliphatic rings. The number of likely N-dealkylation sites (N-methyl/N-ethyl adjacent to an activating group) is 1. The summed E-state index contributed by atoms with van der Waals surface area (Å²) in [7, 11) is 0. The lowest BCUT2D eigenvalue weighted by Crippen LogP contribution is -2.33. The fourth-order valence-electron chi connectivity index (χ4n) is 2.07. The van der Waals surface area contributed by atoms with E-state index in [0.29, 0.717) is 18.7 Å². The van der Waals surface area contributed by atoms with Crippen molar-refractivity contribution < 1.29 is 9.59 Å². The van der Waals surface area contributed by atoms with Gasteiger partial charge in [0.2, 0.25) is 0 Å². The van der Waals surface area contributed by atoms with E-state index < -0.39 is 5.91 Å². The quantitative estimate of drug-likeness (QED) is 0.870. The summed E-state index contributed by atoms with van der Waals surface area (Å²) in [6, 6.07) is 6.90. The highest BCUT2D eigenvalue weighted by atomic mass is 16.2. The number of primary amides is 1. The van der Waals surface area contributed by atoms with Gasteiger partial charge in [0.1, 0.15) is 5.69 Å². The Balaban J connectivity index is 2.03. The van der Waals surface area contributed by atoms with Crippen molar-refractivity contribution in [3.8, 4) is 0 Å². The van der Waals surface area contributed by atoms with Gasteiger partial charge in [-0.15, -0.1) is 0 Å². The predicted molar refractivity (Wildman–Crippen MR) is 82.3 cm³/mol. The van der Waals surface area contributed by atoms with Crippen molar-refractivity contribution in [1.82, 2.24) is 14.9 Å². The molecule has 0 aliphatic carbocycles. The summed E-state index contributed by atoms with van der Waals surface area (Å²) in [4.78, 5) is 33.0. The van der Waals surface area contributed by atoms with E-state index in [1.165, 1.54) is 12.3 Å². The van der Waals surface area contributed by atoms with Crippen LogP contribution in [0, 0.1) is 0 Å². The Morgan fingerprint density at radius 1 is 1.18 bits per heavy atom. The molecule has 0 saturated heterocycles. The zero-order valence-corrected chi connectivity index (χ0v) is 12.4. The van der Waals surface area contributed by atoms with Gasteiger partial charge in [0, 0.05) is 31.7 Å². The fourth-order valence-corrected chi connectivity index (χ4v) is 2.07. The third-order valence-electron chi connectivity index (χ3n) is 3.35. The second-order valence-corrected chi connectivity index (χ2v) is 4.79. The molecule has 2 aromatic rings. The summed E-state index contributed by atoms with van der Waals surface area (Å²) in [5.74, 6) is -0.718. The van der Waals surface area contributed by atoms with Crippen LogP contribution in [0.15, 0.2) is 42.9 Å². The van der Waals surface area contributed by atoms with E-state index >= 15 is 0 Å². The van der Waals surface area contributed by atoms with Crippen LogP contribution < -0.4 is 5.73 Å². The fraction of sp³-hybridized carbons (Fsp3) is 0.250. The molecular weight excluding hydrogens is 280 g/mol. The molecule has 0 fully saturated rings. The molecule has 0 radical (unpaired) electrons. The van der Waals surface area contributed by atoms with Gasteiger partial charge in [-0.1, -0.05) is 0 Å². The normalized spacial score (nSPS) is 10.2. The third kappa shape index (κ3) is 3.88. The largest absolute Gasteiger partial charge is 0.364 e. The number of nitrogens with zero attached hydrogens (tertiary/aromatic N) is 3. The molecule has 2 heterocycles. The van der Waals surface area contributed by atoms with Gasteiger partial charge in [0.05, 0.1) is 5.56 Å². The molecule has 0 unspecified atom stereocenters. The molecule has 0 spiro atoms. The SMILES string of the molecule is CCN(CCc1ccncc1)C(=O)c1ccc(C(N)=O)nc1. The monoisotopic (exact) mass is 298 g/mol. The molecule has 114 valence electrons. The molecule has 0 aliphatic heterocycles. The number of hydrogen-bond acceptors (Lipinski definition) is 4. The van der Waals surface area contributed by atoms with Crippen molar-refractivity contribution >= 4 is 11.8 Å². The lowest BCUT2D eigenvalue weighted by molar-refractivity contribution is 0.0765. The highest BCUT2D eigenvalue weighted by molar-refractivity contribution is 5.95. The molecule has 0 aromatic carbocycles. The average Bonchev–Trinajstić information content (AvgIpc) is 2.56. The number of aromatic nitrogens is 2. The minimum Gasteiger partial charge on any atom is -0.364 e. The summed E-state index contributed by atoms with van der Waals surface area (Å²) in [5, 5.41) is 0. The van der Waals surface area contributed by atoms with Crippen molar-refractivity contribution in [1.29, 1.82) is 0 Å². The summed E-state index contributed by atoms with van der Waals surface area (Å²) in [5.41, 5.74) is 6.86. The molecular formula is C16H18N4O2. The van der Waals surface area contributed by atoms with Gasteiger partial charge in [0.15, 0.2) is 0 Å². The maximum absolute atomic E-state index is 12.4. The van der Waals surface area contributed by atoms with Crippen LogP contribution >= 0.6 is 0 Å². The number of carbonyl (C=O) groups is 2. The minimum absolute atomic E-state index is 0.111. The van der Waals surface area contributed by atoms with E-state index in [1.54, 1.807) is 23.4 Å². The summed E-state index contributed by atoms with van der Waals surface area (Å²) in [6.07, 6.45) is 5.62. The van der Waals surface area contributed by atoms with Gasteiger partial charge in [-0.3, -0.25) is 19.6 Å². The Kier molecular flexibility index (Phi) is 5.19. The lowest BCUT2D eigenvalue weighted by atomic mass is 10.1. The zero-order valence-electron chi connectivity index (χ0n) is 12.4. The van der Waals surface area contributed by atoms with Crippen LogP contribution in [0.3, 0.4) is 0 Å². The summed E-state index contributed by atoms with van der Waals surface area (Å²) < 4.78 is 0. The molecule has 2 aromatic heterocycles. The highest BCUT2D eigenvalue weighted by Gasteiger charge is 2.15. The van der Waals surface area contributed by atoms with Gasteiger partial charge in [0.25, 0.3) is 11.8 Å². The molecule has 22 heavy (non-hydrogen) atoms. The second kappa shape index (κ2) is 7.31. The van der Waals surface area contributed by atoms with Gasteiger partial charge >= 0.3 is 0 Å². The van der Waals surface area contributed by atoms with Crippen molar-refractivity contribution in [3.05, 3.63) is 59.7 Å². The number of amides is 2. The highest BCUT2D eigenvalue weighted by Crippen LogP contribution is 2.07. The average molecular weight is 298 g/mol. The molecule has 6 heteroatoms. The maximum Gasteiger partial charge on any atom is 0.267 e. The van der Waals surface area contributed by atoms with E-state index in [4.69, 9.17) is 5.73 Å². The Labute approximate surface area is 129 Å². The standard InChI is InChI=1S/C16H18N4O2/c1-2-20(10-7-12-5-8-18-9-6-12)16(22)13-3-4-14(15(17)21)19-11-13/h3-6,8-9,11H,2,7,10H2,1H3,(H2,17,21). The van der Waals surface area contributed by atoms with Crippen LogP contribution in [-0.4, -0.2) is 39.8 Å². The molecule has 0 saturated carbocycles. The van der Waals surface area contributed by atoms with Crippen LogP contribution in [0.4, 0.5) is 0 Å². The Bertz CT molecular complexity index is 641. The number of hydrogen-bond donors (Lipinski definition) is 1. The van der Waals surface area contributed by atoms with Crippen molar-refractivity contribution in [2.24, 2.45) is 5.73 Å². The number of rotatable bonds is 6. The maximum atomic E-state index is 12.4.